The number of rotatable bonds is 70. The number of aliphatic hydroxyl groups is 4. The summed E-state index contributed by atoms with van der Waals surface area (Å²) in [6, 6.07) is 20.1. The minimum atomic E-state index is -1.01. The smallest absolute Gasteiger partial charge is 0.331 e. The van der Waals surface area contributed by atoms with Gasteiger partial charge in [0.15, 0.2) is 23.1 Å². The van der Waals surface area contributed by atoms with Crippen LogP contribution < -0.4 is 0 Å². The first-order valence-electron chi connectivity index (χ1n) is 34.9. The van der Waals surface area contributed by atoms with Gasteiger partial charge in [0.1, 0.15) is 59.1 Å². The van der Waals surface area contributed by atoms with E-state index in [4.69, 9.17) is 125 Å². The number of carbonyl (C=O) groups excluding carboxylic acids is 7. The summed E-state index contributed by atoms with van der Waals surface area (Å²) < 4.78 is 115. The lowest BCUT2D eigenvalue weighted by Crippen LogP contribution is -2.15. The maximum atomic E-state index is 10.6. The van der Waals surface area contributed by atoms with E-state index in [9.17, 15) is 38.4 Å². The Hall–Kier alpha value is -5.80. The van der Waals surface area contributed by atoms with E-state index in [1.165, 1.54) is 47.5 Å². The minimum Gasteiger partial charge on any atom is -0.480 e. The van der Waals surface area contributed by atoms with Crippen molar-refractivity contribution in [3.8, 4) is 0 Å². The normalized spacial score (nSPS) is 10.4. The van der Waals surface area contributed by atoms with Crippen molar-refractivity contribution in [1.29, 1.82) is 0 Å². The topological polar surface area (TPSA) is 450 Å². The van der Waals surface area contributed by atoms with E-state index in [0.29, 0.717) is 211 Å². The van der Waals surface area contributed by atoms with Gasteiger partial charge in [0.2, 0.25) is 0 Å². The highest BCUT2D eigenvalue weighted by atomic mass is 16.6. The molecular formula is C72H126O36. The van der Waals surface area contributed by atoms with E-state index in [1.807, 2.05) is 60.7 Å². The van der Waals surface area contributed by atoms with Crippen LogP contribution in [0.3, 0.4) is 0 Å². The molecule has 0 atom stereocenters. The third kappa shape index (κ3) is 114. The molecule has 630 valence electrons. The highest BCUT2D eigenvalue weighted by Gasteiger charge is 2.03. The molecule has 5 N–H and O–H groups in total. The highest BCUT2D eigenvalue weighted by Crippen LogP contribution is 2.01. The van der Waals surface area contributed by atoms with Gasteiger partial charge in [-0.15, -0.1) is 0 Å². The first kappa shape index (κ1) is 111. The van der Waals surface area contributed by atoms with Gasteiger partial charge in [0.25, 0.3) is 0 Å². The van der Waals surface area contributed by atoms with Gasteiger partial charge in [-0.2, -0.15) is 0 Å². The summed E-state index contributed by atoms with van der Waals surface area (Å²) in [6.07, 6.45) is 0.690. The molecule has 0 heterocycles. The minimum absolute atomic E-state index is 0.000633. The van der Waals surface area contributed by atoms with Gasteiger partial charge in [-0.3, -0.25) is 19.2 Å². The van der Waals surface area contributed by atoms with Gasteiger partial charge >= 0.3 is 17.9 Å². The molecule has 0 aliphatic heterocycles. The van der Waals surface area contributed by atoms with Crippen LogP contribution in [0.5, 0.6) is 0 Å². The second kappa shape index (κ2) is 99.2. The summed E-state index contributed by atoms with van der Waals surface area (Å²) in [4.78, 5) is 83.0. The molecule has 0 aliphatic rings. The summed E-state index contributed by atoms with van der Waals surface area (Å²) in [6.45, 7) is 21.0. The summed E-state index contributed by atoms with van der Waals surface area (Å²) in [5.74, 6) is -1.85. The van der Waals surface area contributed by atoms with E-state index in [2.05, 4.69) is 9.47 Å². The van der Waals surface area contributed by atoms with Gasteiger partial charge in [0.05, 0.1) is 265 Å². The van der Waals surface area contributed by atoms with Crippen molar-refractivity contribution >= 4 is 47.3 Å². The monoisotopic (exact) mass is 1570 g/mol. The van der Waals surface area contributed by atoms with Gasteiger partial charge in [-0.1, -0.05) is 60.7 Å². The Morgan fingerprint density at radius 1 is 0.269 bits per heavy atom. The molecule has 2 aromatic rings. The van der Waals surface area contributed by atoms with Crippen molar-refractivity contribution in [3.05, 3.63) is 71.8 Å². The zero-order valence-electron chi connectivity index (χ0n) is 64.3. The van der Waals surface area contributed by atoms with Crippen molar-refractivity contribution in [2.45, 2.75) is 40.9 Å². The molecule has 36 heteroatoms. The highest BCUT2D eigenvalue weighted by molar-refractivity contribution is 5.77. The molecule has 0 aromatic heterocycles. The molecule has 0 spiro atoms. The van der Waals surface area contributed by atoms with Gasteiger partial charge < -0.3 is 139 Å². The largest absolute Gasteiger partial charge is 0.480 e. The van der Waals surface area contributed by atoms with E-state index in [-0.39, 0.29) is 122 Å². The first-order valence-corrected chi connectivity index (χ1v) is 34.9. The van der Waals surface area contributed by atoms with Crippen LogP contribution in [0.15, 0.2) is 60.7 Å². The number of aldehydes is 1. The number of benzene rings is 2. The SMILES string of the molecule is CC(=O)COCCOCCOCC=O.CC(=O)COCCOCCOCCO.CC(=O)COCCOCCOCCOCc1ccccc1.COC(=O)COCCOCCOCC(=O)O.COC(=O)COCCOCCOCC(C)=O.OCCOCCOCCO.OCCOCCOCCOCc1ccccc1. The van der Waals surface area contributed by atoms with E-state index in [0.717, 1.165) is 5.56 Å². The lowest BCUT2D eigenvalue weighted by molar-refractivity contribution is -0.147. The van der Waals surface area contributed by atoms with Gasteiger partial charge in [0, 0.05) is 0 Å². The predicted octanol–water partition coefficient (Wildman–Crippen LogP) is 0.608. The summed E-state index contributed by atoms with van der Waals surface area (Å²) in [7, 11) is 2.58. The molecule has 0 bridgehead atoms. The number of carbonyl (C=O) groups is 8. The number of hydrogen-bond acceptors (Lipinski definition) is 35. The average Bonchev–Trinajstić information content (AvgIpc) is 1.08. The van der Waals surface area contributed by atoms with Crippen LogP contribution in [0, 0.1) is 0 Å². The Bertz CT molecular complexity index is 2150. The van der Waals surface area contributed by atoms with Gasteiger partial charge in [-0.05, 0) is 38.8 Å². The molecule has 0 unspecified atom stereocenters. The summed E-state index contributed by atoms with van der Waals surface area (Å²) in [5, 5.41) is 41.6. The third-order valence-electron chi connectivity index (χ3n) is 10.9. The van der Waals surface area contributed by atoms with E-state index >= 15 is 0 Å². The number of ether oxygens (including phenoxy) is 23. The fourth-order valence-corrected chi connectivity index (χ4v) is 6.14. The molecule has 0 fully saturated rings. The summed E-state index contributed by atoms with van der Waals surface area (Å²) in [5.41, 5.74) is 2.32. The maximum Gasteiger partial charge on any atom is 0.331 e. The van der Waals surface area contributed by atoms with Crippen LogP contribution in [0.4, 0.5) is 0 Å². The van der Waals surface area contributed by atoms with Crippen LogP contribution in [0.2, 0.25) is 0 Å². The number of ketones is 4. The second-order valence-corrected chi connectivity index (χ2v) is 20.7. The number of carboxylic acid groups (broad SMARTS) is 1. The zero-order chi connectivity index (χ0) is 80.8. The molecule has 0 aliphatic carbocycles. The van der Waals surface area contributed by atoms with Crippen molar-refractivity contribution in [1.82, 2.24) is 0 Å². The maximum absolute atomic E-state index is 10.6. The molecular weight excluding hydrogens is 1440 g/mol. The van der Waals surface area contributed by atoms with E-state index in [1.54, 1.807) is 0 Å². The van der Waals surface area contributed by atoms with Crippen LogP contribution >= 0.6 is 0 Å². The van der Waals surface area contributed by atoms with Crippen LogP contribution in [-0.2, 0) is 161 Å². The molecule has 2 aromatic carbocycles. The van der Waals surface area contributed by atoms with E-state index < -0.39 is 17.9 Å². The zero-order valence-corrected chi connectivity index (χ0v) is 64.3. The molecule has 0 saturated carbocycles. The number of Topliss-reactive ketones (excluding diaryl/α,β-unsaturated/α-hetero) is 4. The Kier molecular flexibility index (Phi) is 102. The Balaban J connectivity index is -0.000000385. The van der Waals surface area contributed by atoms with Crippen LogP contribution in [0.1, 0.15) is 38.8 Å². The van der Waals surface area contributed by atoms with Crippen molar-refractivity contribution < 1.29 is 173 Å². The first-order chi connectivity index (χ1) is 52.5. The predicted molar refractivity (Wildman–Crippen MR) is 387 cm³/mol. The van der Waals surface area contributed by atoms with Crippen LogP contribution in [-0.4, -0.2) is 378 Å². The third-order valence-corrected chi connectivity index (χ3v) is 10.9. The fourth-order valence-electron chi connectivity index (χ4n) is 6.14. The van der Waals surface area contributed by atoms with Crippen molar-refractivity contribution in [2.24, 2.45) is 0 Å². The number of methoxy groups -OCH3 is 2. The molecule has 0 radical (unpaired) electrons. The van der Waals surface area contributed by atoms with Crippen molar-refractivity contribution in [2.75, 3.05) is 305 Å². The Morgan fingerprint density at radius 2 is 0.463 bits per heavy atom. The fraction of sp³-hybridized carbons (Fsp3) is 0.722. The number of aliphatic carboxylic acids is 1. The molecule has 2 rings (SSSR count). The molecule has 36 nitrogen and oxygen atoms in total. The van der Waals surface area contributed by atoms with Gasteiger partial charge in [-0.25, -0.2) is 14.4 Å². The summed E-state index contributed by atoms with van der Waals surface area (Å²) >= 11 is 0. The van der Waals surface area contributed by atoms with Crippen LogP contribution in [0.25, 0.3) is 0 Å². The van der Waals surface area contributed by atoms with Crippen molar-refractivity contribution in [3.63, 3.8) is 0 Å². The quantitative estimate of drug-likeness (QED) is 0.0344. The number of aliphatic hydroxyl groups excluding tert-OH is 4. The Labute approximate surface area is 635 Å². The molecule has 108 heavy (non-hydrogen) atoms. The number of hydrogen-bond donors (Lipinski definition) is 5. The number of carboxylic acids is 1. The Morgan fingerprint density at radius 3 is 0.667 bits per heavy atom. The molecule has 0 saturated heterocycles. The lowest BCUT2D eigenvalue weighted by atomic mass is 10.2. The molecule has 0 amide bonds. The standard InChI is InChI=1S/C16H24O5.C13H20O4.C10H18O6.C9H16O7.C9H18O5.C9H16O5.C6H14O4/c1-15(17)13-20-11-9-18-7-8-19-10-12-21-14-16-5-3-2-4-6-16;14-6-7-15-8-9-16-10-11-17-12-13-4-2-1-3-5-13;1-9(11)7-15-5-3-14-4-6-16-8-10(12)13-2;1-13-9(12)7-16-5-3-14-2-4-15-6-8(10)11;2*1-9(11)8-14-7-6-13-5-4-12-3-2-10;7-1-3-9-5-6-10-4-2-8/h2-6H,7-14H2,1H3;1-5,14H,6-12H2;3-8H2,1-2H3;2-7H2,1H3,(H,10,11);10H,2-8H2,1H3;2H,3-8H2,1H3;7-8H,1-6H2. The lowest BCUT2D eigenvalue weighted by Gasteiger charge is -2.07. The number of esters is 2. The average molecular weight is 1570 g/mol. The second-order valence-electron chi connectivity index (χ2n) is 20.7.